The maximum absolute atomic E-state index is 11.0. The summed E-state index contributed by atoms with van der Waals surface area (Å²) in [5, 5.41) is 0. The first-order chi connectivity index (χ1) is 6.66. The van der Waals surface area contributed by atoms with Crippen molar-refractivity contribution in [3.8, 4) is 0 Å². The van der Waals surface area contributed by atoms with Gasteiger partial charge in [-0.05, 0) is 24.8 Å². The molecule has 0 aromatic carbocycles. The molecule has 1 aliphatic rings. The van der Waals surface area contributed by atoms with Crippen LogP contribution < -0.4 is 11.3 Å². The van der Waals surface area contributed by atoms with Crippen molar-refractivity contribution >= 4 is 0 Å². The van der Waals surface area contributed by atoms with Crippen molar-refractivity contribution in [2.45, 2.75) is 32.2 Å². The molecule has 0 bridgehead atoms. The normalized spacial score (nSPS) is 18.1. The summed E-state index contributed by atoms with van der Waals surface area (Å²) in [7, 11) is 0. The highest BCUT2D eigenvalue weighted by Gasteiger charge is 2.25. The summed E-state index contributed by atoms with van der Waals surface area (Å²) in [6.45, 7) is 1.91. The zero-order valence-corrected chi connectivity index (χ0v) is 8.42. The molecule has 1 aromatic rings. The first-order valence-corrected chi connectivity index (χ1v) is 5.12. The summed E-state index contributed by atoms with van der Waals surface area (Å²) in [5.74, 6) is 0.816. The van der Waals surface area contributed by atoms with E-state index < -0.39 is 0 Å². The molecule has 0 aliphatic heterocycles. The number of nitrogens with one attached hydrogen (secondary N) is 1. The average Bonchev–Trinajstić information content (AvgIpc) is 2.87. The summed E-state index contributed by atoms with van der Waals surface area (Å²) < 4.78 is 0. The lowest BCUT2D eigenvalue weighted by Gasteiger charge is -2.13. The van der Waals surface area contributed by atoms with Crippen LogP contribution in [0.25, 0.3) is 0 Å². The summed E-state index contributed by atoms with van der Waals surface area (Å²) in [5.41, 5.74) is 8.00. The maximum Gasteiger partial charge on any atom is 0.248 e. The van der Waals surface area contributed by atoms with E-state index in [1.807, 2.05) is 13.0 Å². The Bertz CT molecular complexity index is 379. The lowest BCUT2D eigenvalue weighted by atomic mass is 10.0. The van der Waals surface area contributed by atoms with Gasteiger partial charge in [0.25, 0.3) is 0 Å². The van der Waals surface area contributed by atoms with Crippen LogP contribution in [0.3, 0.4) is 0 Å². The van der Waals surface area contributed by atoms with Gasteiger partial charge in [0.2, 0.25) is 5.56 Å². The molecule has 1 atom stereocenters. The van der Waals surface area contributed by atoms with E-state index in [1.165, 1.54) is 12.8 Å². The summed E-state index contributed by atoms with van der Waals surface area (Å²) >= 11 is 0. The minimum Gasteiger partial charge on any atom is -0.326 e. The van der Waals surface area contributed by atoms with Gasteiger partial charge in [-0.25, -0.2) is 0 Å². The van der Waals surface area contributed by atoms with E-state index in [-0.39, 0.29) is 11.6 Å². The fourth-order valence-electron chi connectivity index (χ4n) is 1.83. The second-order valence-corrected chi connectivity index (χ2v) is 4.19. The Labute approximate surface area is 83.3 Å². The summed E-state index contributed by atoms with van der Waals surface area (Å²) in [6.07, 6.45) is 3.68. The monoisotopic (exact) mass is 192 g/mol. The first-order valence-electron chi connectivity index (χ1n) is 5.12. The van der Waals surface area contributed by atoms with E-state index in [2.05, 4.69) is 4.98 Å². The number of aromatic amines is 1. The number of nitrogens with two attached hydrogens (primary N) is 1. The molecule has 1 fully saturated rings. The quantitative estimate of drug-likeness (QED) is 0.762. The zero-order chi connectivity index (χ0) is 10.1. The van der Waals surface area contributed by atoms with Crippen LogP contribution in [-0.2, 0) is 0 Å². The Morgan fingerprint density at radius 3 is 2.86 bits per heavy atom. The highest BCUT2D eigenvalue weighted by molar-refractivity contribution is 5.22. The molecule has 1 saturated carbocycles. The third-order valence-corrected chi connectivity index (χ3v) is 2.84. The minimum absolute atomic E-state index is 0.0510. The molecular weight excluding hydrogens is 176 g/mol. The van der Waals surface area contributed by atoms with Gasteiger partial charge in [-0.2, -0.15) is 0 Å². The van der Waals surface area contributed by atoms with E-state index >= 15 is 0 Å². The van der Waals surface area contributed by atoms with Gasteiger partial charge in [0.15, 0.2) is 0 Å². The van der Waals surface area contributed by atoms with Crippen LogP contribution in [0.5, 0.6) is 0 Å². The van der Waals surface area contributed by atoms with Gasteiger partial charge in [-0.15, -0.1) is 0 Å². The Hall–Kier alpha value is -1.09. The van der Waals surface area contributed by atoms with Gasteiger partial charge < -0.3 is 10.7 Å². The van der Waals surface area contributed by atoms with Crippen LogP contribution >= 0.6 is 0 Å². The second kappa shape index (κ2) is 3.58. The standard InChI is InChI=1S/C11H16N2O/c1-7-9(4-5-11(14)13-7)10(12)6-8-2-3-8/h4-5,8,10H,2-3,6,12H2,1H3,(H,13,14)/t10-/m1/s1. The SMILES string of the molecule is Cc1[nH]c(=O)ccc1[C@H](N)CC1CC1. The predicted molar refractivity (Wildman–Crippen MR) is 56.1 cm³/mol. The predicted octanol–water partition coefficient (Wildman–Crippen LogP) is 1.48. The molecule has 76 valence electrons. The number of H-pyrrole nitrogens is 1. The molecule has 3 heteroatoms. The fraction of sp³-hybridized carbons (Fsp3) is 0.545. The molecule has 0 radical (unpaired) electrons. The first kappa shape index (κ1) is 9.46. The third kappa shape index (κ3) is 2.04. The van der Waals surface area contributed by atoms with E-state index in [0.29, 0.717) is 0 Å². The second-order valence-electron chi connectivity index (χ2n) is 4.19. The Kier molecular flexibility index (Phi) is 2.42. The van der Waals surface area contributed by atoms with Crippen molar-refractivity contribution in [3.05, 3.63) is 33.7 Å². The van der Waals surface area contributed by atoms with Crippen LogP contribution in [0, 0.1) is 12.8 Å². The third-order valence-electron chi connectivity index (χ3n) is 2.84. The molecule has 0 spiro atoms. The molecule has 1 aliphatic carbocycles. The zero-order valence-electron chi connectivity index (χ0n) is 8.42. The molecule has 2 rings (SSSR count). The van der Waals surface area contributed by atoms with Crippen LogP contribution in [-0.4, -0.2) is 4.98 Å². The van der Waals surface area contributed by atoms with Crippen LogP contribution in [0.4, 0.5) is 0 Å². The summed E-state index contributed by atoms with van der Waals surface area (Å²) in [6, 6.07) is 3.48. The molecule has 14 heavy (non-hydrogen) atoms. The molecule has 0 amide bonds. The van der Waals surface area contributed by atoms with Gasteiger partial charge in [0, 0.05) is 17.8 Å². The number of aryl methyl sites for hydroxylation is 1. The number of pyridine rings is 1. The number of rotatable bonds is 3. The average molecular weight is 192 g/mol. The number of hydrogen-bond acceptors (Lipinski definition) is 2. The topological polar surface area (TPSA) is 58.9 Å². The van der Waals surface area contributed by atoms with Crippen molar-refractivity contribution in [2.24, 2.45) is 11.7 Å². The minimum atomic E-state index is -0.0510. The van der Waals surface area contributed by atoms with Crippen molar-refractivity contribution in [2.75, 3.05) is 0 Å². The van der Waals surface area contributed by atoms with Gasteiger partial charge in [0.1, 0.15) is 0 Å². The Morgan fingerprint density at radius 1 is 1.57 bits per heavy atom. The van der Waals surface area contributed by atoms with Crippen molar-refractivity contribution < 1.29 is 0 Å². The lowest BCUT2D eigenvalue weighted by Crippen LogP contribution is -2.16. The highest BCUT2D eigenvalue weighted by atomic mass is 16.1. The van der Waals surface area contributed by atoms with Gasteiger partial charge in [-0.1, -0.05) is 18.9 Å². The number of hydrogen-bond donors (Lipinski definition) is 2. The van der Waals surface area contributed by atoms with E-state index in [9.17, 15) is 4.79 Å². The molecule has 3 N–H and O–H groups in total. The largest absolute Gasteiger partial charge is 0.326 e. The highest BCUT2D eigenvalue weighted by Crippen LogP contribution is 2.36. The van der Waals surface area contributed by atoms with Gasteiger partial charge in [-0.3, -0.25) is 4.79 Å². The Morgan fingerprint density at radius 2 is 2.29 bits per heavy atom. The molecular formula is C11H16N2O. The van der Waals surface area contributed by atoms with Gasteiger partial charge >= 0.3 is 0 Å². The molecule has 1 aromatic heterocycles. The lowest BCUT2D eigenvalue weighted by molar-refractivity contribution is 0.591. The fourth-order valence-corrected chi connectivity index (χ4v) is 1.83. The smallest absolute Gasteiger partial charge is 0.248 e. The summed E-state index contributed by atoms with van der Waals surface area (Å²) in [4.78, 5) is 13.8. The van der Waals surface area contributed by atoms with Crippen LogP contribution in [0.15, 0.2) is 16.9 Å². The molecule has 0 saturated heterocycles. The van der Waals surface area contributed by atoms with Gasteiger partial charge in [0.05, 0.1) is 0 Å². The molecule has 0 unspecified atom stereocenters. The van der Waals surface area contributed by atoms with Crippen molar-refractivity contribution in [1.29, 1.82) is 0 Å². The Balaban J connectivity index is 2.17. The van der Waals surface area contributed by atoms with Crippen molar-refractivity contribution in [3.63, 3.8) is 0 Å². The van der Waals surface area contributed by atoms with Crippen molar-refractivity contribution in [1.82, 2.24) is 4.98 Å². The maximum atomic E-state index is 11.0. The number of aromatic nitrogens is 1. The van der Waals surface area contributed by atoms with Crippen LogP contribution in [0.1, 0.15) is 36.6 Å². The van der Waals surface area contributed by atoms with E-state index in [4.69, 9.17) is 5.73 Å². The molecule has 1 heterocycles. The van der Waals surface area contributed by atoms with E-state index in [1.54, 1.807) is 6.07 Å². The van der Waals surface area contributed by atoms with E-state index in [0.717, 1.165) is 23.6 Å². The van der Waals surface area contributed by atoms with Crippen LogP contribution in [0.2, 0.25) is 0 Å². The molecule has 3 nitrogen and oxygen atoms in total.